The fraction of sp³-hybridized carbons (Fsp3) is 0. The smallest absolute Gasteiger partial charge is 0.340 e. The van der Waals surface area contributed by atoms with Crippen LogP contribution in [0.5, 0.6) is 5.75 Å². The molecule has 1 radical (unpaired) electrons. The molecule has 67 valence electrons. The van der Waals surface area contributed by atoms with Gasteiger partial charge in [0.2, 0.25) is 0 Å². The molecule has 13 heavy (non-hydrogen) atoms. The molecular formula is C8H5O5. The van der Waals surface area contributed by atoms with E-state index < -0.39 is 28.8 Å². The summed E-state index contributed by atoms with van der Waals surface area (Å²) in [5.74, 6) is -3.51. The first kappa shape index (κ1) is 9.05. The molecule has 1 rings (SSSR count). The summed E-state index contributed by atoms with van der Waals surface area (Å²) in [6.07, 6.45) is 0. The maximum atomic E-state index is 10.5. The number of phenols is 1. The summed E-state index contributed by atoms with van der Waals surface area (Å²) < 4.78 is 0. The topological polar surface area (TPSA) is 94.8 Å². The third-order valence-electron chi connectivity index (χ3n) is 1.40. The molecule has 5 heteroatoms. The molecular weight excluding hydrogens is 176 g/mol. The Labute approximate surface area is 72.9 Å². The Morgan fingerprint density at radius 3 is 2.23 bits per heavy atom. The average molecular weight is 181 g/mol. The van der Waals surface area contributed by atoms with Gasteiger partial charge in [0.15, 0.2) is 0 Å². The number of carboxylic acid groups (broad SMARTS) is 2. The second-order valence-electron chi connectivity index (χ2n) is 2.22. The maximum Gasteiger partial charge on any atom is 0.340 e. The highest BCUT2D eigenvalue weighted by Crippen LogP contribution is 2.20. The van der Waals surface area contributed by atoms with E-state index in [-0.39, 0.29) is 0 Å². The van der Waals surface area contributed by atoms with Crippen LogP contribution in [0.25, 0.3) is 0 Å². The van der Waals surface area contributed by atoms with Crippen LogP contribution < -0.4 is 0 Å². The molecule has 0 aliphatic rings. The lowest BCUT2D eigenvalue weighted by atomic mass is 10.1. The molecule has 1 aromatic rings. The first-order valence-corrected chi connectivity index (χ1v) is 3.24. The van der Waals surface area contributed by atoms with Crippen LogP contribution in [-0.4, -0.2) is 27.3 Å². The number of hydrogen-bond donors (Lipinski definition) is 3. The number of carboxylic acids is 2. The molecule has 0 aliphatic carbocycles. The molecule has 0 spiro atoms. The van der Waals surface area contributed by atoms with E-state index in [0.29, 0.717) is 0 Å². The van der Waals surface area contributed by atoms with Gasteiger partial charge in [0.1, 0.15) is 11.3 Å². The van der Waals surface area contributed by atoms with Crippen LogP contribution in [0.4, 0.5) is 0 Å². The highest BCUT2D eigenvalue weighted by atomic mass is 16.4. The molecule has 0 aliphatic heterocycles. The van der Waals surface area contributed by atoms with Crippen LogP contribution in [0.1, 0.15) is 20.7 Å². The van der Waals surface area contributed by atoms with Gasteiger partial charge in [0.05, 0.1) is 5.56 Å². The van der Waals surface area contributed by atoms with E-state index in [9.17, 15) is 9.59 Å². The van der Waals surface area contributed by atoms with E-state index in [1.165, 1.54) is 0 Å². The number of benzene rings is 1. The number of carbonyl (C=O) groups is 2. The number of aromatic hydroxyl groups is 1. The molecule has 1 aromatic carbocycles. The zero-order valence-corrected chi connectivity index (χ0v) is 6.31. The van der Waals surface area contributed by atoms with Gasteiger partial charge in [-0.15, -0.1) is 0 Å². The predicted octanol–water partition coefficient (Wildman–Crippen LogP) is 0.589. The number of aromatic carboxylic acids is 2. The van der Waals surface area contributed by atoms with Gasteiger partial charge >= 0.3 is 11.9 Å². The molecule has 0 heterocycles. The second-order valence-corrected chi connectivity index (χ2v) is 2.22. The zero-order valence-electron chi connectivity index (χ0n) is 6.31. The minimum absolute atomic E-state index is 0.549. The van der Waals surface area contributed by atoms with Crippen molar-refractivity contribution in [2.75, 3.05) is 0 Å². The van der Waals surface area contributed by atoms with Gasteiger partial charge < -0.3 is 15.3 Å². The average Bonchev–Trinajstić information content (AvgIpc) is 2.02. The van der Waals surface area contributed by atoms with Gasteiger partial charge in [-0.3, -0.25) is 0 Å². The van der Waals surface area contributed by atoms with Crippen LogP contribution >= 0.6 is 0 Å². The molecule has 0 saturated heterocycles. The molecule has 5 nitrogen and oxygen atoms in total. The SMILES string of the molecule is O=C(O)c1[c]ccc(O)c1C(=O)O. The van der Waals surface area contributed by atoms with Crippen molar-refractivity contribution in [3.63, 3.8) is 0 Å². The first-order chi connectivity index (χ1) is 6.04. The summed E-state index contributed by atoms with van der Waals surface area (Å²) in [5, 5.41) is 26.1. The van der Waals surface area contributed by atoms with Crippen molar-refractivity contribution in [1.29, 1.82) is 0 Å². The highest BCUT2D eigenvalue weighted by Gasteiger charge is 2.19. The van der Waals surface area contributed by atoms with E-state index in [2.05, 4.69) is 6.07 Å². The molecule has 0 amide bonds. The van der Waals surface area contributed by atoms with Crippen molar-refractivity contribution in [2.45, 2.75) is 0 Å². The van der Waals surface area contributed by atoms with Gasteiger partial charge in [-0.2, -0.15) is 0 Å². The van der Waals surface area contributed by atoms with Crippen LogP contribution in [0.15, 0.2) is 12.1 Å². The lowest BCUT2D eigenvalue weighted by Gasteiger charge is -2.01. The Morgan fingerprint density at radius 1 is 1.23 bits per heavy atom. The summed E-state index contributed by atoms with van der Waals surface area (Å²) in [6, 6.07) is 4.43. The summed E-state index contributed by atoms with van der Waals surface area (Å²) in [6.45, 7) is 0. The summed E-state index contributed by atoms with van der Waals surface area (Å²) in [5.41, 5.74) is -1.19. The Hall–Kier alpha value is -2.04. The molecule has 0 aromatic heterocycles. The second kappa shape index (κ2) is 3.14. The normalized spacial score (nSPS) is 9.54. The third kappa shape index (κ3) is 1.58. The largest absolute Gasteiger partial charge is 0.507 e. The monoisotopic (exact) mass is 181 g/mol. The highest BCUT2D eigenvalue weighted by molar-refractivity contribution is 6.03. The Balaban J connectivity index is 3.43. The lowest BCUT2D eigenvalue weighted by Crippen LogP contribution is -2.08. The molecule has 0 atom stereocenters. The summed E-state index contributed by atoms with van der Waals surface area (Å²) >= 11 is 0. The fourth-order valence-corrected chi connectivity index (χ4v) is 0.873. The number of rotatable bonds is 2. The Kier molecular flexibility index (Phi) is 2.19. The minimum Gasteiger partial charge on any atom is -0.507 e. The molecule has 0 bridgehead atoms. The van der Waals surface area contributed by atoms with Crippen LogP contribution in [0.3, 0.4) is 0 Å². The quantitative estimate of drug-likeness (QED) is 0.620. The number of hydrogen-bond acceptors (Lipinski definition) is 3. The minimum atomic E-state index is -1.49. The Morgan fingerprint density at radius 2 is 1.85 bits per heavy atom. The van der Waals surface area contributed by atoms with Gasteiger partial charge in [0, 0.05) is 0 Å². The van der Waals surface area contributed by atoms with Crippen molar-refractivity contribution in [1.82, 2.24) is 0 Å². The predicted molar refractivity (Wildman–Crippen MR) is 40.9 cm³/mol. The van der Waals surface area contributed by atoms with Crippen molar-refractivity contribution in [2.24, 2.45) is 0 Å². The van der Waals surface area contributed by atoms with Crippen molar-refractivity contribution < 1.29 is 24.9 Å². The van der Waals surface area contributed by atoms with Crippen LogP contribution in [0.2, 0.25) is 0 Å². The van der Waals surface area contributed by atoms with Crippen molar-refractivity contribution >= 4 is 11.9 Å². The molecule has 0 unspecified atom stereocenters. The van der Waals surface area contributed by atoms with Gasteiger partial charge in [0.25, 0.3) is 0 Å². The summed E-state index contributed by atoms with van der Waals surface area (Å²) in [4.78, 5) is 21.0. The zero-order chi connectivity index (χ0) is 10.0. The maximum absolute atomic E-state index is 10.5. The van der Waals surface area contributed by atoms with E-state index in [1.807, 2.05) is 0 Å². The van der Waals surface area contributed by atoms with E-state index >= 15 is 0 Å². The summed E-state index contributed by atoms with van der Waals surface area (Å²) in [7, 11) is 0. The molecule has 0 fully saturated rings. The van der Waals surface area contributed by atoms with E-state index in [0.717, 1.165) is 12.1 Å². The molecule has 3 N–H and O–H groups in total. The van der Waals surface area contributed by atoms with Crippen molar-refractivity contribution in [3.8, 4) is 5.75 Å². The fourth-order valence-electron chi connectivity index (χ4n) is 0.873. The molecule has 0 saturated carbocycles. The third-order valence-corrected chi connectivity index (χ3v) is 1.40. The van der Waals surface area contributed by atoms with E-state index in [1.54, 1.807) is 0 Å². The van der Waals surface area contributed by atoms with Gasteiger partial charge in [-0.25, -0.2) is 9.59 Å². The van der Waals surface area contributed by atoms with Gasteiger partial charge in [-0.1, -0.05) is 0 Å². The van der Waals surface area contributed by atoms with Crippen LogP contribution in [-0.2, 0) is 0 Å². The van der Waals surface area contributed by atoms with E-state index in [4.69, 9.17) is 15.3 Å². The first-order valence-electron chi connectivity index (χ1n) is 3.24. The lowest BCUT2D eigenvalue weighted by molar-refractivity contribution is 0.0648. The van der Waals surface area contributed by atoms with Crippen molar-refractivity contribution in [3.05, 3.63) is 29.3 Å². The van der Waals surface area contributed by atoms with Crippen LogP contribution in [0, 0.1) is 6.07 Å². The van der Waals surface area contributed by atoms with Gasteiger partial charge in [-0.05, 0) is 18.2 Å². The standard InChI is InChI=1S/C8H5O5/c9-5-3-1-2-4(7(10)11)6(5)8(12)13/h1,3,9H,(H,10,11)(H,12,13). The Bertz CT molecular complexity index is 369.